The van der Waals surface area contributed by atoms with E-state index < -0.39 is 0 Å². The molecule has 0 aromatic heterocycles. The van der Waals surface area contributed by atoms with Crippen LogP contribution in [-0.2, 0) is 21.4 Å². The Morgan fingerprint density at radius 1 is 1.30 bits per heavy atom. The van der Waals surface area contributed by atoms with Crippen molar-refractivity contribution in [2.45, 2.75) is 49.2 Å². The van der Waals surface area contributed by atoms with E-state index in [1.54, 1.807) is 7.11 Å². The highest BCUT2D eigenvalue weighted by Gasteiger charge is 2.74. The quantitative estimate of drug-likeness (QED) is 0.445. The zero-order valence-electron chi connectivity index (χ0n) is 13.0. The first-order valence-corrected chi connectivity index (χ1v) is 8.35. The first kappa shape index (κ1) is 13.0. The van der Waals surface area contributed by atoms with Gasteiger partial charge in [0.15, 0.2) is 11.5 Å². The number of hydrogen-bond donors (Lipinski definition) is 0. The number of methoxy groups -OCH3 is 1. The van der Waals surface area contributed by atoms with Gasteiger partial charge in [0, 0.05) is 25.5 Å². The Morgan fingerprint density at radius 2 is 2.13 bits per heavy atom. The van der Waals surface area contributed by atoms with Gasteiger partial charge in [-0.1, -0.05) is 0 Å². The molecule has 1 aromatic carbocycles. The summed E-state index contributed by atoms with van der Waals surface area (Å²) in [7, 11) is 1.72. The molecule has 2 bridgehead atoms. The summed E-state index contributed by atoms with van der Waals surface area (Å²) in [5, 5.41) is 13.5. The van der Waals surface area contributed by atoms with Gasteiger partial charge >= 0.3 is 0 Å². The molecule has 1 aliphatic carbocycles. The maximum absolute atomic E-state index is 13.5. The van der Waals surface area contributed by atoms with Gasteiger partial charge in [0.1, 0.15) is 24.8 Å². The second-order valence-electron chi connectivity index (χ2n) is 7.53. The van der Waals surface area contributed by atoms with Gasteiger partial charge in [-0.15, -0.1) is 0 Å². The molecule has 6 heteroatoms. The third-order valence-electron chi connectivity index (χ3n) is 6.76. The molecule has 1 aromatic rings. The fourth-order valence-electron chi connectivity index (χ4n) is 5.75. The summed E-state index contributed by atoms with van der Waals surface area (Å²) in [6.45, 7) is 1.45. The van der Waals surface area contributed by atoms with E-state index in [0.29, 0.717) is 13.1 Å². The van der Waals surface area contributed by atoms with E-state index >= 15 is 0 Å². The largest absolute Gasteiger partial charge is 0.632 e. The van der Waals surface area contributed by atoms with Crippen LogP contribution in [0.2, 0.25) is 0 Å². The highest BCUT2D eigenvalue weighted by Crippen LogP contribution is 2.63. The Labute approximate surface area is 134 Å². The van der Waals surface area contributed by atoms with Crippen LogP contribution in [0.15, 0.2) is 12.1 Å². The van der Waals surface area contributed by atoms with Crippen LogP contribution in [0.1, 0.15) is 24.0 Å². The molecule has 122 valence electrons. The number of epoxide rings is 1. The average Bonchev–Trinajstić information content (AvgIpc) is 3.17. The molecule has 5 aliphatic rings. The van der Waals surface area contributed by atoms with Gasteiger partial charge in [0.25, 0.3) is 0 Å². The van der Waals surface area contributed by atoms with Gasteiger partial charge in [0.05, 0.1) is 18.1 Å². The zero-order valence-corrected chi connectivity index (χ0v) is 13.0. The van der Waals surface area contributed by atoms with Crippen LogP contribution in [-0.4, -0.2) is 49.4 Å². The molecule has 0 unspecified atom stereocenters. The van der Waals surface area contributed by atoms with Crippen molar-refractivity contribution in [3.05, 3.63) is 28.5 Å². The summed E-state index contributed by atoms with van der Waals surface area (Å²) in [4.78, 5) is 0. The maximum Gasteiger partial charge on any atom is 0.231 e. The fraction of sp³-hybridized carbons (Fsp3) is 0.647. The molecule has 2 saturated heterocycles. The predicted octanol–water partition coefficient (Wildman–Crippen LogP) is 1.44. The number of nitrogens with zero attached hydrogens (tertiary/aromatic N) is 1. The normalized spacial score (nSPS) is 47.7. The average molecular weight is 317 g/mol. The second kappa shape index (κ2) is 3.83. The van der Waals surface area contributed by atoms with Gasteiger partial charge in [-0.25, -0.2) is 0 Å². The summed E-state index contributed by atoms with van der Waals surface area (Å²) in [6, 6.07) is 4.17. The summed E-state index contributed by atoms with van der Waals surface area (Å²) in [5.41, 5.74) is 2.20. The highest BCUT2D eigenvalue weighted by atomic mass is 16.7. The Balaban J connectivity index is 1.57. The van der Waals surface area contributed by atoms with Gasteiger partial charge < -0.3 is 28.8 Å². The molecular weight excluding hydrogens is 298 g/mol. The summed E-state index contributed by atoms with van der Waals surface area (Å²) in [5.74, 6) is 1.57. The van der Waals surface area contributed by atoms with Crippen LogP contribution in [0, 0.1) is 5.21 Å². The van der Waals surface area contributed by atoms with Gasteiger partial charge in [-0.05, 0) is 17.7 Å². The zero-order chi connectivity index (χ0) is 15.4. The molecule has 1 saturated carbocycles. The molecule has 0 radical (unpaired) electrons. The van der Waals surface area contributed by atoms with E-state index in [1.807, 2.05) is 6.07 Å². The van der Waals surface area contributed by atoms with E-state index in [4.69, 9.17) is 18.9 Å². The first-order chi connectivity index (χ1) is 11.2. The van der Waals surface area contributed by atoms with E-state index in [0.717, 1.165) is 29.9 Å². The van der Waals surface area contributed by atoms with Crippen molar-refractivity contribution in [3.8, 4) is 11.5 Å². The summed E-state index contributed by atoms with van der Waals surface area (Å²) >= 11 is 0. The number of rotatable bonds is 1. The fourth-order valence-corrected chi connectivity index (χ4v) is 5.75. The molecule has 0 spiro atoms. The van der Waals surface area contributed by atoms with Gasteiger partial charge in [-0.2, -0.15) is 0 Å². The number of ether oxygens (including phenoxy) is 4. The van der Waals surface area contributed by atoms with Gasteiger partial charge in [0.2, 0.25) is 6.79 Å². The van der Waals surface area contributed by atoms with Crippen LogP contribution in [0.25, 0.3) is 0 Å². The monoisotopic (exact) mass is 317 g/mol. The van der Waals surface area contributed by atoms with Crippen LogP contribution >= 0.6 is 0 Å². The van der Waals surface area contributed by atoms with Crippen molar-refractivity contribution in [2.24, 2.45) is 0 Å². The number of benzene rings is 1. The highest BCUT2D eigenvalue weighted by molar-refractivity contribution is 5.54. The first-order valence-electron chi connectivity index (χ1n) is 8.35. The number of quaternary nitrogens is 1. The Kier molecular flexibility index (Phi) is 2.17. The Morgan fingerprint density at radius 3 is 2.96 bits per heavy atom. The van der Waals surface area contributed by atoms with Crippen molar-refractivity contribution < 1.29 is 23.6 Å². The Bertz CT molecular complexity index is 723. The lowest BCUT2D eigenvalue weighted by Gasteiger charge is -2.54. The molecular formula is C17H19NO5. The topological polar surface area (TPSA) is 63.3 Å². The van der Waals surface area contributed by atoms with Gasteiger partial charge in [-0.3, -0.25) is 0 Å². The predicted molar refractivity (Wildman–Crippen MR) is 78.9 cm³/mol. The van der Waals surface area contributed by atoms with Crippen molar-refractivity contribution in [1.82, 2.24) is 0 Å². The van der Waals surface area contributed by atoms with Crippen molar-refractivity contribution in [3.63, 3.8) is 0 Å². The van der Waals surface area contributed by atoms with Crippen LogP contribution < -0.4 is 9.47 Å². The van der Waals surface area contributed by atoms with E-state index in [-0.39, 0.29) is 41.2 Å². The SMILES string of the molecule is CO[C@@H]1C[C@@H]2[C@@]3(CC[N@@+]2([O-])Cc2cc4c(cc23)OCO4)[C@H]2O[C@@H]12. The maximum atomic E-state index is 13.5. The third-order valence-corrected chi connectivity index (χ3v) is 6.76. The van der Waals surface area contributed by atoms with E-state index in [1.165, 1.54) is 5.56 Å². The molecule has 6 atom stereocenters. The van der Waals surface area contributed by atoms with Crippen molar-refractivity contribution in [1.29, 1.82) is 0 Å². The number of hydroxylamine groups is 3. The molecule has 0 N–H and O–H groups in total. The smallest absolute Gasteiger partial charge is 0.231 e. The standard InChI is InChI=1S/C17H19NO5/c1-20-13-6-14-17(16-15(13)23-16)2-3-18(14,19)7-9-4-11-12(5-10(9)17)22-8-21-11/h4-5,13-16H,2-3,6-8H2,1H3/t13-,14-,15+,16+,17+,18-/m1/s1. The second-order valence-corrected chi connectivity index (χ2v) is 7.53. The van der Waals surface area contributed by atoms with E-state index in [2.05, 4.69) is 6.07 Å². The molecule has 23 heavy (non-hydrogen) atoms. The van der Waals surface area contributed by atoms with Crippen LogP contribution in [0.4, 0.5) is 0 Å². The molecule has 4 aliphatic heterocycles. The number of hydrogen-bond acceptors (Lipinski definition) is 5. The minimum atomic E-state index is -0.171. The minimum Gasteiger partial charge on any atom is -0.632 e. The minimum absolute atomic E-state index is 0.0315. The van der Waals surface area contributed by atoms with Crippen molar-refractivity contribution in [2.75, 3.05) is 20.4 Å². The summed E-state index contributed by atoms with van der Waals surface area (Å²) in [6.07, 6.45) is 1.98. The lowest BCUT2D eigenvalue weighted by atomic mass is 9.62. The lowest BCUT2D eigenvalue weighted by Crippen LogP contribution is -2.61. The molecule has 4 heterocycles. The van der Waals surface area contributed by atoms with Crippen LogP contribution in [0.5, 0.6) is 11.5 Å². The van der Waals surface area contributed by atoms with Crippen molar-refractivity contribution >= 4 is 0 Å². The molecule has 6 rings (SSSR count). The molecule has 0 amide bonds. The number of fused-ring (bicyclic) bond motifs is 3. The summed E-state index contributed by atoms with van der Waals surface area (Å²) < 4.78 is 22.6. The third kappa shape index (κ3) is 1.36. The molecule has 6 nitrogen and oxygen atoms in total. The molecule has 3 fully saturated rings. The Hall–Kier alpha value is -1.34. The van der Waals surface area contributed by atoms with Crippen LogP contribution in [0.3, 0.4) is 0 Å². The van der Waals surface area contributed by atoms with E-state index in [9.17, 15) is 5.21 Å². The lowest BCUT2D eigenvalue weighted by molar-refractivity contribution is -0.911.